The van der Waals surface area contributed by atoms with Crippen LogP contribution in [0.1, 0.15) is 61.9 Å². The van der Waals surface area contributed by atoms with E-state index in [9.17, 15) is 18.0 Å². The Bertz CT molecular complexity index is 634. The summed E-state index contributed by atoms with van der Waals surface area (Å²) in [6, 6.07) is 0. The van der Waals surface area contributed by atoms with Gasteiger partial charge in [-0.15, -0.1) is 5.10 Å². The van der Waals surface area contributed by atoms with Crippen LogP contribution < -0.4 is 0 Å². The average Bonchev–Trinajstić information content (AvgIpc) is 3.19. The zero-order valence-electron chi connectivity index (χ0n) is 13.9. The van der Waals surface area contributed by atoms with Crippen molar-refractivity contribution < 1.29 is 33.0 Å². The van der Waals surface area contributed by atoms with Crippen molar-refractivity contribution in [2.75, 3.05) is 0 Å². The minimum absolute atomic E-state index is 0.131. The smallest absolute Gasteiger partial charge is 0.476 e. The summed E-state index contributed by atoms with van der Waals surface area (Å²) >= 11 is 1.58. The quantitative estimate of drug-likeness (QED) is 0.714. The highest BCUT2D eigenvalue weighted by atomic mass is 32.2. The second kappa shape index (κ2) is 8.28. The molecule has 26 heavy (non-hydrogen) atoms. The number of aromatic nitrogens is 3. The van der Waals surface area contributed by atoms with E-state index in [4.69, 9.17) is 15.0 Å². The number of hydrogen-bond donors (Lipinski definition) is 3. The van der Waals surface area contributed by atoms with E-state index in [0.717, 1.165) is 0 Å². The zero-order valence-corrected chi connectivity index (χ0v) is 14.7. The summed E-state index contributed by atoms with van der Waals surface area (Å²) in [5.74, 6) is -3.73. The minimum atomic E-state index is -5.08. The lowest BCUT2D eigenvalue weighted by molar-refractivity contribution is -0.192. The summed E-state index contributed by atoms with van der Waals surface area (Å²) in [5.41, 5.74) is 0.752. The van der Waals surface area contributed by atoms with Crippen LogP contribution in [0.15, 0.2) is 5.03 Å². The predicted octanol–water partition coefficient (Wildman–Crippen LogP) is 3.73. The van der Waals surface area contributed by atoms with Crippen molar-refractivity contribution in [2.45, 2.75) is 67.8 Å². The van der Waals surface area contributed by atoms with Crippen LogP contribution in [0.25, 0.3) is 0 Å². The maximum Gasteiger partial charge on any atom is 0.490 e. The monoisotopic (exact) mass is 395 g/mol. The standard InChI is InChI=1S/C13H19N3O2S.C2HF3O2/c17-12(18)10-11(15-16-14-10)19-9-3-7-13(8-4-9)5-1-2-6-13;3-2(4,5)1(6)7/h9H,1-8H2,(H,17,18)(H,14,15,16);(H,6,7). The van der Waals surface area contributed by atoms with Crippen LogP contribution in [0.4, 0.5) is 13.2 Å². The molecule has 1 aromatic heterocycles. The first-order valence-corrected chi connectivity index (χ1v) is 9.12. The Morgan fingerprint density at radius 3 is 2.12 bits per heavy atom. The van der Waals surface area contributed by atoms with Gasteiger partial charge in [-0.2, -0.15) is 13.2 Å². The summed E-state index contributed by atoms with van der Waals surface area (Å²) < 4.78 is 31.7. The van der Waals surface area contributed by atoms with Crippen molar-refractivity contribution in [2.24, 2.45) is 5.41 Å². The Balaban J connectivity index is 0.000000298. The number of aliphatic carboxylic acids is 1. The molecule has 0 atom stereocenters. The maximum atomic E-state index is 11.0. The predicted molar refractivity (Wildman–Crippen MR) is 86.0 cm³/mol. The highest BCUT2D eigenvalue weighted by molar-refractivity contribution is 7.99. The Labute approximate surface area is 151 Å². The molecule has 0 saturated heterocycles. The molecule has 0 radical (unpaired) electrons. The average molecular weight is 395 g/mol. The molecule has 0 bridgehead atoms. The van der Waals surface area contributed by atoms with Gasteiger partial charge in [-0.05, 0) is 43.9 Å². The first-order chi connectivity index (χ1) is 12.1. The molecule has 0 aromatic carbocycles. The Kier molecular flexibility index (Phi) is 6.53. The number of carboxylic acids is 2. The summed E-state index contributed by atoms with van der Waals surface area (Å²) in [7, 11) is 0. The molecule has 2 aliphatic carbocycles. The number of aromatic carboxylic acids is 1. The molecule has 1 heterocycles. The van der Waals surface area contributed by atoms with Crippen molar-refractivity contribution in [1.82, 2.24) is 15.4 Å². The van der Waals surface area contributed by atoms with Crippen LogP contribution in [-0.4, -0.2) is 49.0 Å². The highest BCUT2D eigenvalue weighted by Crippen LogP contribution is 2.51. The molecule has 2 aliphatic rings. The zero-order chi connectivity index (χ0) is 19.4. The van der Waals surface area contributed by atoms with Gasteiger partial charge in [0.1, 0.15) is 0 Å². The highest BCUT2D eigenvalue weighted by Gasteiger charge is 2.39. The number of alkyl halides is 3. The lowest BCUT2D eigenvalue weighted by atomic mass is 9.73. The van der Waals surface area contributed by atoms with Gasteiger partial charge < -0.3 is 10.2 Å². The second-order valence-electron chi connectivity index (χ2n) is 6.62. The molecule has 1 spiro atoms. The van der Waals surface area contributed by atoms with Crippen LogP contribution in [-0.2, 0) is 4.79 Å². The van der Waals surface area contributed by atoms with Gasteiger partial charge in [0.25, 0.3) is 0 Å². The summed E-state index contributed by atoms with van der Waals surface area (Å²) in [4.78, 5) is 19.9. The van der Waals surface area contributed by atoms with Gasteiger partial charge in [0.2, 0.25) is 0 Å². The number of aromatic amines is 1. The van der Waals surface area contributed by atoms with E-state index in [1.165, 1.54) is 51.4 Å². The lowest BCUT2D eigenvalue weighted by Gasteiger charge is -2.36. The van der Waals surface area contributed by atoms with Gasteiger partial charge in [-0.25, -0.2) is 9.59 Å². The Morgan fingerprint density at radius 2 is 1.65 bits per heavy atom. The fourth-order valence-electron chi connectivity index (χ4n) is 3.54. The summed E-state index contributed by atoms with van der Waals surface area (Å²) in [6.07, 6.45) is 5.45. The van der Waals surface area contributed by atoms with Crippen LogP contribution >= 0.6 is 11.8 Å². The van der Waals surface area contributed by atoms with Crippen LogP contribution in [0.5, 0.6) is 0 Å². The summed E-state index contributed by atoms with van der Waals surface area (Å²) in [5, 5.41) is 27.2. The van der Waals surface area contributed by atoms with Gasteiger partial charge in [0.05, 0.1) is 0 Å². The van der Waals surface area contributed by atoms with Crippen molar-refractivity contribution in [3.05, 3.63) is 5.69 Å². The van der Waals surface area contributed by atoms with Gasteiger partial charge in [-0.3, -0.25) is 5.10 Å². The Morgan fingerprint density at radius 1 is 1.12 bits per heavy atom. The molecule has 1 aromatic rings. The van der Waals surface area contributed by atoms with Crippen molar-refractivity contribution in [1.29, 1.82) is 0 Å². The topological polar surface area (TPSA) is 116 Å². The van der Waals surface area contributed by atoms with E-state index in [2.05, 4.69) is 15.4 Å². The number of halogens is 3. The van der Waals surface area contributed by atoms with Gasteiger partial charge in [0.15, 0.2) is 10.7 Å². The molecule has 2 fully saturated rings. The number of carboxylic acid groups (broad SMARTS) is 2. The molecule has 7 nitrogen and oxygen atoms in total. The molecule has 146 valence electrons. The Hall–Kier alpha value is -1.78. The van der Waals surface area contributed by atoms with E-state index in [0.29, 0.717) is 15.7 Å². The molecular formula is C15H20F3N3O4S. The number of nitrogens with zero attached hydrogens (tertiary/aromatic N) is 2. The largest absolute Gasteiger partial charge is 0.490 e. The molecule has 3 N–H and O–H groups in total. The fraction of sp³-hybridized carbons (Fsp3) is 0.733. The molecule has 0 aliphatic heterocycles. The molecule has 2 saturated carbocycles. The molecule has 0 unspecified atom stereocenters. The summed E-state index contributed by atoms with van der Waals surface area (Å²) in [6.45, 7) is 0. The van der Waals surface area contributed by atoms with Crippen LogP contribution in [0.3, 0.4) is 0 Å². The molecule has 0 amide bonds. The lowest BCUT2D eigenvalue weighted by Crippen LogP contribution is -2.25. The van der Waals surface area contributed by atoms with Crippen LogP contribution in [0.2, 0.25) is 0 Å². The number of carbonyl (C=O) groups is 2. The van der Waals surface area contributed by atoms with Crippen molar-refractivity contribution >= 4 is 23.7 Å². The first kappa shape index (κ1) is 20.5. The number of nitrogens with one attached hydrogen (secondary N) is 1. The van der Waals surface area contributed by atoms with Crippen molar-refractivity contribution in [3.8, 4) is 0 Å². The first-order valence-electron chi connectivity index (χ1n) is 8.24. The third kappa shape index (κ3) is 5.36. The maximum absolute atomic E-state index is 11.0. The number of rotatable bonds is 3. The molecule has 3 rings (SSSR count). The normalized spacial score (nSPS) is 19.8. The second-order valence-corrected chi connectivity index (χ2v) is 7.91. The van der Waals surface area contributed by atoms with E-state index >= 15 is 0 Å². The van der Waals surface area contributed by atoms with Gasteiger partial charge in [-0.1, -0.05) is 29.8 Å². The molecule has 11 heteroatoms. The SMILES string of the molecule is O=C(O)C(F)(F)F.O=C(O)c1[nH]nnc1SC1CCC2(CCCC2)CC1. The van der Waals surface area contributed by atoms with Gasteiger partial charge >= 0.3 is 18.1 Å². The molecular weight excluding hydrogens is 375 g/mol. The minimum Gasteiger partial charge on any atom is -0.476 e. The number of hydrogen-bond acceptors (Lipinski definition) is 5. The number of H-pyrrole nitrogens is 1. The van der Waals surface area contributed by atoms with Crippen molar-refractivity contribution in [3.63, 3.8) is 0 Å². The third-order valence-electron chi connectivity index (χ3n) is 4.91. The van der Waals surface area contributed by atoms with E-state index in [1.807, 2.05) is 0 Å². The fourth-order valence-corrected chi connectivity index (χ4v) is 4.67. The van der Waals surface area contributed by atoms with Crippen LogP contribution in [0, 0.1) is 5.41 Å². The van der Waals surface area contributed by atoms with E-state index in [1.54, 1.807) is 11.8 Å². The van der Waals surface area contributed by atoms with Gasteiger partial charge in [0, 0.05) is 5.25 Å². The van der Waals surface area contributed by atoms with E-state index < -0.39 is 18.1 Å². The van der Waals surface area contributed by atoms with E-state index in [-0.39, 0.29) is 5.69 Å². The third-order valence-corrected chi connectivity index (χ3v) is 6.22. The number of thioether (sulfide) groups is 1.